The van der Waals surface area contributed by atoms with Crippen molar-refractivity contribution in [1.82, 2.24) is 5.32 Å². The molecule has 0 radical (unpaired) electrons. The largest absolute Gasteiger partial charge is 0.468 e. The van der Waals surface area contributed by atoms with Crippen molar-refractivity contribution < 1.29 is 22.7 Å². The van der Waals surface area contributed by atoms with E-state index in [0.717, 1.165) is 6.07 Å². The summed E-state index contributed by atoms with van der Waals surface area (Å²) < 4.78 is 42.5. The first kappa shape index (κ1) is 14.5. The molecule has 1 rings (SSSR count). The van der Waals surface area contributed by atoms with Crippen LogP contribution in [0.5, 0.6) is 0 Å². The molecule has 0 saturated heterocycles. The Morgan fingerprint density at radius 1 is 1.39 bits per heavy atom. The van der Waals surface area contributed by atoms with E-state index in [0.29, 0.717) is 0 Å². The van der Waals surface area contributed by atoms with Crippen molar-refractivity contribution in [3.8, 4) is 0 Å². The highest BCUT2D eigenvalue weighted by molar-refractivity contribution is 5.75. The third kappa shape index (κ3) is 3.73. The van der Waals surface area contributed by atoms with Gasteiger partial charge in [-0.15, -0.1) is 0 Å². The number of carbonyl (C=O) groups is 1. The molecule has 0 spiro atoms. The van der Waals surface area contributed by atoms with E-state index >= 15 is 0 Å². The van der Waals surface area contributed by atoms with Gasteiger partial charge in [-0.2, -0.15) is 13.2 Å². The summed E-state index contributed by atoms with van der Waals surface area (Å²) in [5, 5.41) is 2.69. The van der Waals surface area contributed by atoms with E-state index in [1.807, 2.05) is 0 Å². The first-order valence-corrected chi connectivity index (χ1v) is 5.32. The molecule has 0 unspecified atom stereocenters. The number of benzene rings is 1. The highest BCUT2D eigenvalue weighted by atomic mass is 19.4. The normalized spacial score (nSPS) is 13.2. The van der Waals surface area contributed by atoms with E-state index in [2.05, 4.69) is 10.1 Å². The number of ether oxygens (including phenoxy) is 1. The summed E-state index contributed by atoms with van der Waals surface area (Å²) in [6, 6.07) is 4.58. The highest BCUT2D eigenvalue weighted by Gasteiger charge is 2.32. The molecule has 3 nitrogen and oxygen atoms in total. The lowest BCUT2D eigenvalue weighted by atomic mass is 10.1. The lowest BCUT2D eigenvalue weighted by Crippen LogP contribution is -2.34. The van der Waals surface area contributed by atoms with Gasteiger partial charge in [0.05, 0.1) is 12.7 Å². The Kier molecular flexibility index (Phi) is 4.72. The van der Waals surface area contributed by atoms with Crippen LogP contribution in [0.1, 0.15) is 18.1 Å². The summed E-state index contributed by atoms with van der Waals surface area (Å²) in [4.78, 5) is 11.1. The molecule has 0 bridgehead atoms. The minimum absolute atomic E-state index is 0.0497. The minimum atomic E-state index is -4.40. The summed E-state index contributed by atoms with van der Waals surface area (Å²) >= 11 is 0. The molecule has 0 saturated carbocycles. The molecule has 1 aromatic carbocycles. The van der Waals surface area contributed by atoms with Crippen molar-refractivity contribution >= 4 is 5.97 Å². The van der Waals surface area contributed by atoms with E-state index in [1.165, 1.54) is 32.2 Å². The van der Waals surface area contributed by atoms with E-state index in [4.69, 9.17) is 0 Å². The number of esters is 1. The molecule has 0 amide bonds. The van der Waals surface area contributed by atoms with Crippen LogP contribution in [0, 0.1) is 0 Å². The summed E-state index contributed by atoms with van der Waals surface area (Å²) in [6.45, 7) is 1.48. The van der Waals surface area contributed by atoms with Gasteiger partial charge in [0, 0.05) is 6.54 Å². The molecule has 0 heterocycles. The van der Waals surface area contributed by atoms with Gasteiger partial charge in [-0.05, 0) is 18.6 Å². The highest BCUT2D eigenvalue weighted by Crippen LogP contribution is 2.31. The van der Waals surface area contributed by atoms with Gasteiger partial charge < -0.3 is 10.1 Å². The van der Waals surface area contributed by atoms with Gasteiger partial charge in [-0.3, -0.25) is 4.79 Å². The van der Waals surface area contributed by atoms with Crippen LogP contribution in [0.15, 0.2) is 24.3 Å². The van der Waals surface area contributed by atoms with Crippen LogP contribution in [0.4, 0.5) is 13.2 Å². The zero-order valence-corrected chi connectivity index (χ0v) is 10.0. The zero-order valence-electron chi connectivity index (χ0n) is 10.0. The molecule has 0 aliphatic rings. The topological polar surface area (TPSA) is 38.3 Å². The standard InChI is InChI=1S/C12H14F3NO2/c1-8(11(17)18-2)16-7-9-5-3-4-6-10(9)12(13,14)15/h3-6,8,16H,7H2,1-2H3/t8-/m0/s1. The molecule has 1 aromatic rings. The number of rotatable bonds is 4. The van der Waals surface area contributed by atoms with E-state index in [-0.39, 0.29) is 12.1 Å². The molecule has 100 valence electrons. The summed E-state index contributed by atoms with van der Waals surface area (Å²) in [5.41, 5.74) is -0.602. The average molecular weight is 261 g/mol. The fourth-order valence-electron chi connectivity index (χ4n) is 1.47. The number of hydrogen-bond donors (Lipinski definition) is 1. The van der Waals surface area contributed by atoms with Crippen molar-refractivity contribution in [2.75, 3.05) is 7.11 Å². The molecular weight excluding hydrogens is 247 g/mol. The van der Waals surface area contributed by atoms with Crippen LogP contribution in [0.25, 0.3) is 0 Å². The molecule has 18 heavy (non-hydrogen) atoms. The van der Waals surface area contributed by atoms with E-state index in [1.54, 1.807) is 0 Å². The Morgan fingerprint density at radius 2 is 2.00 bits per heavy atom. The number of halogens is 3. The van der Waals surface area contributed by atoms with E-state index in [9.17, 15) is 18.0 Å². The molecule has 6 heteroatoms. The monoisotopic (exact) mass is 261 g/mol. The molecule has 1 atom stereocenters. The number of carbonyl (C=O) groups excluding carboxylic acids is 1. The minimum Gasteiger partial charge on any atom is -0.468 e. The van der Waals surface area contributed by atoms with Gasteiger partial charge in [-0.1, -0.05) is 18.2 Å². The van der Waals surface area contributed by atoms with Gasteiger partial charge >= 0.3 is 12.1 Å². The molecule has 0 aliphatic heterocycles. The Labute approximate surface area is 103 Å². The molecule has 0 aromatic heterocycles. The Hall–Kier alpha value is -1.56. The number of hydrogen-bond acceptors (Lipinski definition) is 3. The molecular formula is C12H14F3NO2. The van der Waals surface area contributed by atoms with Gasteiger partial charge in [-0.25, -0.2) is 0 Å². The second-order valence-electron chi connectivity index (χ2n) is 3.78. The third-order valence-corrected chi connectivity index (χ3v) is 2.48. The second-order valence-corrected chi connectivity index (χ2v) is 3.78. The first-order chi connectivity index (χ1) is 8.36. The maximum absolute atomic E-state index is 12.7. The Bertz CT molecular complexity index is 418. The van der Waals surface area contributed by atoms with Crippen molar-refractivity contribution in [2.45, 2.75) is 25.7 Å². The van der Waals surface area contributed by atoms with Gasteiger partial charge in [0.1, 0.15) is 6.04 Å². The van der Waals surface area contributed by atoms with Crippen molar-refractivity contribution in [2.24, 2.45) is 0 Å². The summed E-state index contributed by atoms with van der Waals surface area (Å²) in [7, 11) is 1.23. The number of alkyl halides is 3. The smallest absolute Gasteiger partial charge is 0.416 e. The number of nitrogens with one attached hydrogen (secondary N) is 1. The maximum Gasteiger partial charge on any atom is 0.416 e. The second kappa shape index (κ2) is 5.86. The van der Waals surface area contributed by atoms with Crippen LogP contribution in [0.3, 0.4) is 0 Å². The van der Waals surface area contributed by atoms with Gasteiger partial charge in [0.15, 0.2) is 0 Å². The predicted octanol–water partition coefficient (Wildman–Crippen LogP) is 2.36. The zero-order chi connectivity index (χ0) is 13.8. The first-order valence-electron chi connectivity index (χ1n) is 5.32. The van der Waals surface area contributed by atoms with Crippen LogP contribution in [-0.4, -0.2) is 19.1 Å². The van der Waals surface area contributed by atoms with E-state index < -0.39 is 23.8 Å². The van der Waals surface area contributed by atoms with Crippen LogP contribution < -0.4 is 5.32 Å². The quantitative estimate of drug-likeness (QED) is 0.845. The van der Waals surface area contributed by atoms with Gasteiger partial charge in [0.2, 0.25) is 0 Å². The fraction of sp³-hybridized carbons (Fsp3) is 0.417. The van der Waals surface area contributed by atoms with Crippen LogP contribution >= 0.6 is 0 Å². The molecule has 1 N–H and O–H groups in total. The maximum atomic E-state index is 12.7. The summed E-state index contributed by atoms with van der Waals surface area (Å²) in [6.07, 6.45) is -4.40. The summed E-state index contributed by atoms with van der Waals surface area (Å²) in [5.74, 6) is -0.514. The Balaban J connectivity index is 2.77. The molecule has 0 fully saturated rings. The average Bonchev–Trinajstić information content (AvgIpc) is 2.34. The molecule has 0 aliphatic carbocycles. The lowest BCUT2D eigenvalue weighted by Gasteiger charge is -2.15. The van der Waals surface area contributed by atoms with Crippen molar-refractivity contribution in [3.05, 3.63) is 35.4 Å². The van der Waals surface area contributed by atoms with Gasteiger partial charge in [0.25, 0.3) is 0 Å². The fourth-order valence-corrected chi connectivity index (χ4v) is 1.47. The number of methoxy groups -OCH3 is 1. The predicted molar refractivity (Wildman–Crippen MR) is 59.8 cm³/mol. The SMILES string of the molecule is COC(=O)[C@H](C)NCc1ccccc1C(F)(F)F. The van der Waals surface area contributed by atoms with Crippen molar-refractivity contribution in [1.29, 1.82) is 0 Å². The third-order valence-electron chi connectivity index (χ3n) is 2.48. The lowest BCUT2D eigenvalue weighted by molar-refractivity contribution is -0.142. The van der Waals surface area contributed by atoms with Crippen molar-refractivity contribution in [3.63, 3.8) is 0 Å². The van der Waals surface area contributed by atoms with Crippen LogP contribution in [0.2, 0.25) is 0 Å². The van der Waals surface area contributed by atoms with Crippen LogP contribution in [-0.2, 0) is 22.3 Å². The Morgan fingerprint density at radius 3 is 2.56 bits per heavy atom.